The van der Waals surface area contributed by atoms with Gasteiger partial charge in [-0.2, -0.15) is 0 Å². The molecule has 0 atom stereocenters. The summed E-state index contributed by atoms with van der Waals surface area (Å²) in [7, 11) is 3.63. The third-order valence-electron chi connectivity index (χ3n) is 4.13. The zero-order valence-corrected chi connectivity index (χ0v) is 12.8. The van der Waals surface area contributed by atoms with Gasteiger partial charge < -0.3 is 15.8 Å². The van der Waals surface area contributed by atoms with Crippen LogP contribution >= 0.6 is 0 Å². The maximum absolute atomic E-state index is 12.1. The van der Waals surface area contributed by atoms with E-state index >= 15 is 0 Å². The Bertz CT molecular complexity index is 453. The number of ether oxygens (including phenoxy) is 1. The lowest BCUT2D eigenvalue weighted by molar-refractivity contribution is -0.117. The molecule has 0 spiro atoms. The summed E-state index contributed by atoms with van der Waals surface area (Å²) in [4.78, 5) is 14.2. The molecule has 0 aromatic heterocycles. The fourth-order valence-electron chi connectivity index (χ4n) is 2.77. The fraction of sp³-hybridized carbons (Fsp3) is 0.562. The maximum atomic E-state index is 12.1. The number of nitrogens with one attached hydrogen (secondary N) is 1. The predicted molar refractivity (Wildman–Crippen MR) is 84.5 cm³/mol. The van der Waals surface area contributed by atoms with Crippen molar-refractivity contribution in [2.75, 3.05) is 26.0 Å². The van der Waals surface area contributed by atoms with Gasteiger partial charge in [-0.3, -0.25) is 9.69 Å². The summed E-state index contributed by atoms with van der Waals surface area (Å²) in [6.45, 7) is 0.409. The Kier molecular flexibility index (Phi) is 5.59. The second kappa shape index (κ2) is 7.43. The van der Waals surface area contributed by atoms with Gasteiger partial charge in [-0.15, -0.1) is 0 Å². The lowest BCUT2D eigenvalue weighted by atomic mass is 9.91. The van der Waals surface area contributed by atoms with Crippen molar-refractivity contribution in [2.24, 2.45) is 5.73 Å². The number of benzene rings is 1. The van der Waals surface area contributed by atoms with Gasteiger partial charge in [-0.05, 0) is 57.0 Å². The van der Waals surface area contributed by atoms with Crippen LogP contribution in [0, 0.1) is 0 Å². The highest BCUT2D eigenvalue weighted by Gasteiger charge is 2.23. The van der Waals surface area contributed by atoms with Gasteiger partial charge in [0.25, 0.3) is 0 Å². The number of hydrogen-bond acceptors (Lipinski definition) is 4. The van der Waals surface area contributed by atoms with E-state index < -0.39 is 0 Å². The van der Waals surface area contributed by atoms with Gasteiger partial charge in [0.05, 0.1) is 13.7 Å². The van der Waals surface area contributed by atoms with Gasteiger partial charge in [0, 0.05) is 17.8 Å². The quantitative estimate of drug-likeness (QED) is 0.868. The Morgan fingerprint density at radius 3 is 2.48 bits per heavy atom. The van der Waals surface area contributed by atoms with Crippen molar-refractivity contribution in [3.63, 3.8) is 0 Å². The number of hydrogen-bond donors (Lipinski definition) is 2. The number of nitrogens with zero attached hydrogens (tertiary/aromatic N) is 1. The van der Waals surface area contributed by atoms with E-state index in [9.17, 15) is 4.79 Å². The molecule has 1 aromatic rings. The monoisotopic (exact) mass is 291 g/mol. The smallest absolute Gasteiger partial charge is 0.238 e. The van der Waals surface area contributed by atoms with E-state index in [1.807, 2.05) is 31.3 Å². The summed E-state index contributed by atoms with van der Waals surface area (Å²) in [6, 6.07) is 8.16. The Hall–Kier alpha value is -1.59. The predicted octanol–water partition coefficient (Wildman–Crippen LogP) is 1.84. The Morgan fingerprint density at radius 1 is 1.29 bits per heavy atom. The van der Waals surface area contributed by atoms with Crippen LogP contribution in [0.25, 0.3) is 0 Å². The molecule has 3 N–H and O–H groups in total. The molecule has 1 fully saturated rings. The van der Waals surface area contributed by atoms with Crippen molar-refractivity contribution in [3.05, 3.63) is 24.3 Å². The second-order valence-corrected chi connectivity index (χ2v) is 5.76. The van der Waals surface area contributed by atoms with Gasteiger partial charge in [-0.25, -0.2) is 0 Å². The molecule has 0 radical (unpaired) electrons. The number of nitrogens with two attached hydrogens (primary N) is 1. The normalized spacial score (nSPS) is 22.1. The number of carbonyl (C=O) groups is 1. The minimum Gasteiger partial charge on any atom is -0.497 e. The van der Waals surface area contributed by atoms with E-state index in [4.69, 9.17) is 10.5 Å². The van der Waals surface area contributed by atoms with Gasteiger partial charge in [0.15, 0.2) is 0 Å². The molecule has 5 nitrogen and oxygen atoms in total. The van der Waals surface area contributed by atoms with E-state index in [1.165, 1.54) is 0 Å². The van der Waals surface area contributed by atoms with Crippen molar-refractivity contribution >= 4 is 11.6 Å². The molecule has 1 amide bonds. The van der Waals surface area contributed by atoms with Crippen molar-refractivity contribution < 1.29 is 9.53 Å². The number of carbonyl (C=O) groups excluding carboxylic acids is 1. The minimum absolute atomic E-state index is 0.0116. The molecule has 1 aliphatic carbocycles. The summed E-state index contributed by atoms with van der Waals surface area (Å²) < 4.78 is 5.10. The number of likely N-dealkylation sites (N-methyl/N-ethyl adjacent to an activating group) is 1. The van der Waals surface area contributed by atoms with Crippen molar-refractivity contribution in [3.8, 4) is 5.75 Å². The number of amides is 1. The third kappa shape index (κ3) is 4.72. The first-order valence-electron chi connectivity index (χ1n) is 7.48. The van der Waals surface area contributed by atoms with Gasteiger partial charge in [0.2, 0.25) is 5.91 Å². The lowest BCUT2D eigenvalue weighted by Gasteiger charge is -2.33. The van der Waals surface area contributed by atoms with Crippen molar-refractivity contribution in [1.82, 2.24) is 4.90 Å². The molecule has 0 bridgehead atoms. The first-order chi connectivity index (χ1) is 10.1. The van der Waals surface area contributed by atoms with Crippen LogP contribution in [-0.4, -0.2) is 43.6 Å². The first-order valence-corrected chi connectivity index (χ1v) is 7.48. The standard InChI is InChI=1S/C16H25N3O2/c1-19(14-7-3-12(17)4-8-14)11-16(20)18-13-5-9-15(21-2)10-6-13/h5-6,9-10,12,14H,3-4,7-8,11,17H2,1-2H3,(H,18,20). The number of anilines is 1. The number of methoxy groups -OCH3 is 1. The highest BCUT2D eigenvalue weighted by molar-refractivity contribution is 5.92. The first kappa shape index (κ1) is 15.8. The Balaban J connectivity index is 1.80. The fourth-order valence-corrected chi connectivity index (χ4v) is 2.77. The molecule has 2 rings (SSSR count). The van der Waals surface area contributed by atoms with E-state index in [2.05, 4.69) is 10.2 Å². The molecule has 0 heterocycles. The Labute approximate surface area is 126 Å². The maximum Gasteiger partial charge on any atom is 0.238 e. The molecular formula is C16H25N3O2. The van der Waals surface area contributed by atoms with Crippen LogP contribution in [0.15, 0.2) is 24.3 Å². The van der Waals surface area contributed by atoms with Crippen LogP contribution in [0.2, 0.25) is 0 Å². The molecule has 0 unspecified atom stereocenters. The topological polar surface area (TPSA) is 67.6 Å². The lowest BCUT2D eigenvalue weighted by Crippen LogP contribution is -2.42. The zero-order valence-electron chi connectivity index (χ0n) is 12.8. The summed E-state index contributed by atoms with van der Waals surface area (Å²) in [5.41, 5.74) is 6.71. The van der Waals surface area contributed by atoms with E-state index in [1.54, 1.807) is 7.11 Å². The van der Waals surface area contributed by atoms with Crippen LogP contribution in [0.5, 0.6) is 5.75 Å². The Morgan fingerprint density at radius 2 is 1.90 bits per heavy atom. The molecular weight excluding hydrogens is 266 g/mol. The molecule has 21 heavy (non-hydrogen) atoms. The van der Waals surface area contributed by atoms with Crippen LogP contribution in [0.4, 0.5) is 5.69 Å². The van der Waals surface area contributed by atoms with Crippen LogP contribution in [0.1, 0.15) is 25.7 Å². The van der Waals surface area contributed by atoms with Crippen LogP contribution < -0.4 is 15.8 Å². The van der Waals surface area contributed by atoms with Gasteiger partial charge >= 0.3 is 0 Å². The van der Waals surface area contributed by atoms with Crippen molar-refractivity contribution in [1.29, 1.82) is 0 Å². The van der Waals surface area contributed by atoms with Crippen molar-refractivity contribution in [2.45, 2.75) is 37.8 Å². The SMILES string of the molecule is COc1ccc(NC(=O)CN(C)C2CCC(N)CC2)cc1. The van der Waals surface area contributed by atoms with Gasteiger partial charge in [0.1, 0.15) is 5.75 Å². The molecule has 0 aliphatic heterocycles. The number of rotatable bonds is 5. The summed E-state index contributed by atoms with van der Waals surface area (Å²) in [6.07, 6.45) is 4.26. The van der Waals surface area contributed by atoms with E-state index in [-0.39, 0.29) is 5.91 Å². The highest BCUT2D eigenvalue weighted by atomic mass is 16.5. The molecule has 5 heteroatoms. The largest absolute Gasteiger partial charge is 0.497 e. The van der Waals surface area contributed by atoms with Crippen LogP contribution in [-0.2, 0) is 4.79 Å². The van der Waals surface area contributed by atoms with E-state index in [0.717, 1.165) is 37.1 Å². The third-order valence-corrected chi connectivity index (χ3v) is 4.13. The van der Waals surface area contributed by atoms with Gasteiger partial charge in [-0.1, -0.05) is 0 Å². The highest BCUT2D eigenvalue weighted by Crippen LogP contribution is 2.21. The summed E-state index contributed by atoms with van der Waals surface area (Å²) in [5, 5.41) is 2.91. The molecule has 1 aromatic carbocycles. The average Bonchev–Trinajstić information content (AvgIpc) is 2.48. The minimum atomic E-state index is 0.0116. The van der Waals surface area contributed by atoms with Crippen LogP contribution in [0.3, 0.4) is 0 Å². The molecule has 1 saturated carbocycles. The summed E-state index contributed by atoms with van der Waals surface area (Å²) in [5.74, 6) is 0.793. The summed E-state index contributed by atoms with van der Waals surface area (Å²) >= 11 is 0. The van der Waals surface area contributed by atoms with E-state index in [0.29, 0.717) is 18.6 Å². The molecule has 1 aliphatic rings. The average molecular weight is 291 g/mol. The zero-order chi connectivity index (χ0) is 15.2. The molecule has 116 valence electrons. The second-order valence-electron chi connectivity index (χ2n) is 5.76. The molecule has 0 saturated heterocycles.